The Morgan fingerprint density at radius 1 is 1.29 bits per heavy atom. The van der Waals surface area contributed by atoms with Gasteiger partial charge in [0.25, 0.3) is 0 Å². The number of aromatic amines is 1. The molecule has 1 heterocycles. The number of halogens is 1. The zero-order valence-electron chi connectivity index (χ0n) is 12.7. The number of hydrogen-bond acceptors (Lipinski definition) is 2. The van der Waals surface area contributed by atoms with E-state index in [0.717, 1.165) is 21.7 Å². The van der Waals surface area contributed by atoms with Gasteiger partial charge in [-0.05, 0) is 42.3 Å². The summed E-state index contributed by atoms with van der Waals surface area (Å²) in [5.74, 6) is -0.134. The highest BCUT2D eigenvalue weighted by atomic mass is 19.1. The molecule has 0 fully saturated rings. The minimum Gasteiger partial charge on any atom is -0.494 e. The highest BCUT2D eigenvalue weighted by Gasteiger charge is 2.18. The van der Waals surface area contributed by atoms with Crippen LogP contribution in [-0.4, -0.2) is 18.1 Å². The van der Waals surface area contributed by atoms with E-state index in [4.69, 9.17) is 4.74 Å². The largest absolute Gasteiger partial charge is 0.494 e. The lowest BCUT2D eigenvalue weighted by molar-refractivity contribution is 0.385. The highest BCUT2D eigenvalue weighted by Crippen LogP contribution is 2.25. The second-order valence-corrected chi connectivity index (χ2v) is 5.35. The molecule has 1 aromatic carbocycles. The molecule has 3 nitrogen and oxygen atoms in total. The van der Waals surface area contributed by atoms with Crippen molar-refractivity contribution in [2.75, 3.05) is 7.11 Å². The standard InChI is InChI=1S/C17H21FN2O/c1-10(2)20-17(14-9-19-12(4)11(14)3)13-6-7-16(21-5)15(18)8-13/h6-10,17,19-20H,3-4H2,1-2,5H3. The molecule has 112 valence electrons. The predicted octanol–water partition coefficient (Wildman–Crippen LogP) is 2.07. The van der Waals surface area contributed by atoms with Crippen LogP contribution in [0.1, 0.15) is 31.0 Å². The van der Waals surface area contributed by atoms with Gasteiger partial charge in [0.15, 0.2) is 11.6 Å². The van der Waals surface area contributed by atoms with Gasteiger partial charge in [-0.2, -0.15) is 0 Å². The second-order valence-electron chi connectivity index (χ2n) is 5.35. The molecule has 0 aliphatic carbocycles. The van der Waals surface area contributed by atoms with E-state index in [9.17, 15) is 4.39 Å². The fourth-order valence-electron chi connectivity index (χ4n) is 2.33. The van der Waals surface area contributed by atoms with E-state index in [2.05, 4.69) is 23.5 Å². The molecule has 0 radical (unpaired) electrons. The first kappa shape index (κ1) is 15.3. The summed E-state index contributed by atoms with van der Waals surface area (Å²) in [4.78, 5) is 3.07. The Morgan fingerprint density at radius 2 is 2.00 bits per heavy atom. The molecule has 0 saturated heterocycles. The monoisotopic (exact) mass is 288 g/mol. The van der Waals surface area contributed by atoms with Gasteiger partial charge in [0.05, 0.1) is 13.2 Å². The molecule has 2 rings (SSSR count). The molecule has 0 amide bonds. The minimum absolute atomic E-state index is 0.148. The maximum absolute atomic E-state index is 14.0. The van der Waals surface area contributed by atoms with Crippen LogP contribution in [0.25, 0.3) is 13.2 Å². The van der Waals surface area contributed by atoms with Crippen molar-refractivity contribution < 1.29 is 9.13 Å². The van der Waals surface area contributed by atoms with Gasteiger partial charge in [-0.3, -0.25) is 0 Å². The van der Waals surface area contributed by atoms with Gasteiger partial charge in [-0.25, -0.2) is 4.39 Å². The lowest BCUT2D eigenvalue weighted by atomic mass is 9.98. The average Bonchev–Trinajstić information content (AvgIpc) is 2.76. The maximum Gasteiger partial charge on any atom is 0.165 e. The highest BCUT2D eigenvalue weighted by molar-refractivity contribution is 5.37. The van der Waals surface area contributed by atoms with E-state index < -0.39 is 0 Å². The van der Waals surface area contributed by atoms with Crippen LogP contribution < -0.4 is 20.6 Å². The van der Waals surface area contributed by atoms with Gasteiger partial charge in [0.1, 0.15) is 0 Å². The van der Waals surface area contributed by atoms with E-state index in [1.807, 2.05) is 26.1 Å². The second kappa shape index (κ2) is 6.14. The Balaban J connectivity index is 2.50. The van der Waals surface area contributed by atoms with E-state index in [0.29, 0.717) is 0 Å². The lowest BCUT2D eigenvalue weighted by Crippen LogP contribution is -2.33. The number of methoxy groups -OCH3 is 1. The molecule has 0 bridgehead atoms. The number of H-pyrrole nitrogens is 1. The number of hydrogen-bond donors (Lipinski definition) is 2. The molecule has 21 heavy (non-hydrogen) atoms. The smallest absolute Gasteiger partial charge is 0.165 e. The van der Waals surface area contributed by atoms with Crippen molar-refractivity contribution in [3.63, 3.8) is 0 Å². The number of aromatic nitrogens is 1. The summed E-state index contributed by atoms with van der Waals surface area (Å²) in [6.07, 6.45) is 1.87. The summed E-state index contributed by atoms with van der Waals surface area (Å²) < 4.78 is 19.0. The molecular weight excluding hydrogens is 267 g/mol. The maximum atomic E-state index is 14.0. The number of rotatable bonds is 5. The van der Waals surface area contributed by atoms with Gasteiger partial charge in [0, 0.05) is 17.6 Å². The molecular formula is C17H21FN2O. The van der Waals surface area contributed by atoms with Crippen LogP contribution in [0.4, 0.5) is 4.39 Å². The summed E-state index contributed by atoms with van der Waals surface area (Å²) in [6.45, 7) is 12.0. The van der Waals surface area contributed by atoms with Gasteiger partial charge in [0.2, 0.25) is 0 Å². The van der Waals surface area contributed by atoms with E-state index in [1.54, 1.807) is 6.07 Å². The van der Waals surface area contributed by atoms with Crippen LogP contribution in [-0.2, 0) is 0 Å². The fourth-order valence-corrected chi connectivity index (χ4v) is 2.33. The number of nitrogens with one attached hydrogen (secondary N) is 2. The summed E-state index contributed by atoms with van der Waals surface area (Å²) in [7, 11) is 1.46. The third-order valence-electron chi connectivity index (χ3n) is 3.43. The van der Waals surface area contributed by atoms with Crippen molar-refractivity contribution in [2.45, 2.75) is 25.9 Å². The SMILES string of the molecule is C=c1[nH]cc(C(NC(C)C)c2ccc(OC)c(F)c2)c1=C. The summed E-state index contributed by atoms with van der Waals surface area (Å²) >= 11 is 0. The van der Waals surface area contributed by atoms with Crippen molar-refractivity contribution in [1.82, 2.24) is 10.3 Å². The van der Waals surface area contributed by atoms with E-state index in [-0.39, 0.29) is 23.7 Å². The van der Waals surface area contributed by atoms with Crippen molar-refractivity contribution in [3.8, 4) is 5.75 Å². The predicted molar refractivity (Wildman–Crippen MR) is 84.2 cm³/mol. The van der Waals surface area contributed by atoms with Crippen LogP contribution in [0.5, 0.6) is 5.75 Å². The summed E-state index contributed by atoms with van der Waals surface area (Å²) in [5.41, 5.74) is 1.80. The molecule has 2 aromatic rings. The minimum atomic E-state index is -0.374. The molecule has 0 aliphatic rings. The Morgan fingerprint density at radius 3 is 2.48 bits per heavy atom. The van der Waals surface area contributed by atoms with Gasteiger partial charge < -0.3 is 15.0 Å². The fraction of sp³-hybridized carbons (Fsp3) is 0.294. The average molecular weight is 288 g/mol. The van der Waals surface area contributed by atoms with Crippen LogP contribution in [0, 0.1) is 5.82 Å². The Kier molecular flexibility index (Phi) is 4.48. The quantitative estimate of drug-likeness (QED) is 0.884. The molecule has 2 N–H and O–H groups in total. The molecule has 1 atom stereocenters. The Hall–Kier alpha value is -2.07. The first-order chi connectivity index (χ1) is 9.93. The first-order valence-corrected chi connectivity index (χ1v) is 6.88. The van der Waals surface area contributed by atoms with Gasteiger partial charge >= 0.3 is 0 Å². The van der Waals surface area contributed by atoms with E-state index >= 15 is 0 Å². The summed E-state index contributed by atoms with van der Waals surface area (Å²) in [6, 6.07) is 5.08. The third-order valence-corrected chi connectivity index (χ3v) is 3.43. The van der Waals surface area contributed by atoms with Crippen LogP contribution in [0.2, 0.25) is 0 Å². The zero-order chi connectivity index (χ0) is 15.6. The number of ether oxygens (including phenoxy) is 1. The number of benzene rings is 1. The van der Waals surface area contributed by atoms with Crippen molar-refractivity contribution in [2.24, 2.45) is 0 Å². The Labute approximate surface area is 124 Å². The molecule has 0 aliphatic heterocycles. The molecule has 1 unspecified atom stereocenters. The topological polar surface area (TPSA) is 37.0 Å². The van der Waals surface area contributed by atoms with Crippen molar-refractivity contribution in [3.05, 3.63) is 51.9 Å². The lowest BCUT2D eigenvalue weighted by Gasteiger charge is -2.21. The normalized spacial score (nSPS) is 12.6. The van der Waals surface area contributed by atoms with Crippen LogP contribution in [0.15, 0.2) is 24.4 Å². The van der Waals surface area contributed by atoms with E-state index in [1.165, 1.54) is 13.2 Å². The molecule has 0 saturated carbocycles. The van der Waals surface area contributed by atoms with Crippen molar-refractivity contribution in [1.29, 1.82) is 0 Å². The van der Waals surface area contributed by atoms with Crippen LogP contribution >= 0.6 is 0 Å². The van der Waals surface area contributed by atoms with Crippen molar-refractivity contribution >= 4 is 13.2 Å². The molecule has 0 spiro atoms. The third kappa shape index (κ3) is 3.16. The molecule has 1 aromatic heterocycles. The Bertz CT molecular complexity index is 721. The summed E-state index contributed by atoms with van der Waals surface area (Å²) in [5, 5.41) is 5.05. The first-order valence-electron chi connectivity index (χ1n) is 6.88. The van der Waals surface area contributed by atoms with Crippen LogP contribution in [0.3, 0.4) is 0 Å². The van der Waals surface area contributed by atoms with Gasteiger partial charge in [-0.1, -0.05) is 19.2 Å². The van der Waals surface area contributed by atoms with Gasteiger partial charge in [-0.15, -0.1) is 0 Å². The molecule has 4 heteroatoms. The zero-order valence-corrected chi connectivity index (χ0v) is 12.7.